The number of rotatable bonds is 11. The third-order valence-corrected chi connectivity index (χ3v) is 4.41. The lowest BCUT2D eigenvalue weighted by Crippen LogP contribution is -1.94. The van der Waals surface area contributed by atoms with Crippen molar-refractivity contribution >= 4 is 17.9 Å². The lowest BCUT2D eigenvalue weighted by Gasteiger charge is -2.12. The van der Waals surface area contributed by atoms with Crippen molar-refractivity contribution in [2.24, 2.45) is 0 Å². The molecule has 26 heavy (non-hydrogen) atoms. The normalized spacial score (nSPS) is 13.1. The van der Waals surface area contributed by atoms with Gasteiger partial charge in [0, 0.05) is 5.57 Å². The van der Waals surface area contributed by atoms with E-state index in [4.69, 9.17) is 8.37 Å². The minimum absolute atomic E-state index is 0.657. The van der Waals surface area contributed by atoms with Gasteiger partial charge >= 0.3 is 0 Å². The molecule has 1 aromatic rings. The van der Waals surface area contributed by atoms with Gasteiger partial charge in [-0.15, -0.1) is 0 Å². The quantitative estimate of drug-likeness (QED) is 0.225. The lowest BCUT2D eigenvalue weighted by atomic mass is 10.0. The van der Waals surface area contributed by atoms with Gasteiger partial charge in [-0.25, -0.2) is 0 Å². The van der Waals surface area contributed by atoms with Gasteiger partial charge in [0.15, 0.2) is 0 Å². The molecular weight excluding hydrogens is 340 g/mol. The fourth-order valence-electron chi connectivity index (χ4n) is 2.56. The van der Waals surface area contributed by atoms with Crippen LogP contribution >= 0.6 is 12.3 Å². The van der Waals surface area contributed by atoms with Crippen LogP contribution in [0.1, 0.15) is 52.5 Å². The molecule has 0 saturated heterocycles. The number of hydrogen-bond donors (Lipinski definition) is 0. The van der Waals surface area contributed by atoms with Crippen LogP contribution in [0, 0.1) is 0 Å². The zero-order chi connectivity index (χ0) is 19.4. The molecule has 1 rings (SSSR count). The summed E-state index contributed by atoms with van der Waals surface area (Å²) in [4.78, 5) is 0. The molecule has 0 N–H and O–H groups in total. The summed E-state index contributed by atoms with van der Waals surface area (Å²) >= 11 is 0.934. The number of allylic oxidation sites excluding steroid dienone is 7. The summed E-state index contributed by atoms with van der Waals surface area (Å²) < 4.78 is 11.4. The average molecular weight is 371 g/mol. The van der Waals surface area contributed by atoms with Gasteiger partial charge in [0.2, 0.25) is 0 Å². The highest BCUT2D eigenvalue weighted by atomic mass is 32.2. The Labute approximate surface area is 163 Å². The van der Waals surface area contributed by atoms with E-state index in [0.717, 1.165) is 42.9 Å². The molecule has 0 radical (unpaired) electrons. The molecule has 2 nitrogen and oxygen atoms in total. The number of benzene rings is 1. The fraction of sp³-hybridized carbons (Fsp3) is 0.304. The molecule has 0 fully saturated rings. The van der Waals surface area contributed by atoms with E-state index in [1.807, 2.05) is 12.1 Å². The van der Waals surface area contributed by atoms with Crippen LogP contribution in [0.5, 0.6) is 5.75 Å². The minimum atomic E-state index is 0.657. The monoisotopic (exact) mass is 370 g/mol. The summed E-state index contributed by atoms with van der Waals surface area (Å²) in [6.45, 7) is 16.2. The molecule has 0 aromatic heterocycles. The maximum Gasteiger partial charge on any atom is 0.293 e. The summed E-state index contributed by atoms with van der Waals surface area (Å²) in [5.74, 6) is 1.40. The van der Waals surface area contributed by atoms with Crippen LogP contribution in [0.15, 0.2) is 78.6 Å². The van der Waals surface area contributed by atoms with Gasteiger partial charge in [-0.2, -0.15) is 0 Å². The third kappa shape index (κ3) is 6.64. The Hall–Kier alpha value is -2.13. The highest BCUT2D eigenvalue weighted by molar-refractivity contribution is 7.90. The van der Waals surface area contributed by atoms with Crippen molar-refractivity contribution in [3.8, 4) is 5.75 Å². The topological polar surface area (TPSA) is 18.5 Å². The van der Waals surface area contributed by atoms with Crippen molar-refractivity contribution < 1.29 is 8.37 Å². The molecule has 0 atom stereocenters. The van der Waals surface area contributed by atoms with Crippen molar-refractivity contribution in [1.82, 2.24) is 0 Å². The van der Waals surface area contributed by atoms with Crippen LogP contribution in [-0.2, 0) is 4.18 Å². The Morgan fingerprint density at radius 1 is 1.00 bits per heavy atom. The summed E-state index contributed by atoms with van der Waals surface area (Å²) in [5.41, 5.74) is 4.62. The van der Waals surface area contributed by atoms with Gasteiger partial charge in [-0.1, -0.05) is 64.3 Å². The summed E-state index contributed by atoms with van der Waals surface area (Å²) in [7, 11) is 0. The maximum absolute atomic E-state index is 5.73. The Morgan fingerprint density at radius 3 is 2.15 bits per heavy atom. The first-order valence-electron chi connectivity index (χ1n) is 9.08. The van der Waals surface area contributed by atoms with Crippen molar-refractivity contribution in [2.75, 3.05) is 0 Å². The van der Waals surface area contributed by atoms with Gasteiger partial charge in [0.25, 0.3) is 12.3 Å². The maximum atomic E-state index is 5.73. The van der Waals surface area contributed by atoms with E-state index in [1.165, 1.54) is 16.7 Å². The van der Waals surface area contributed by atoms with E-state index in [1.54, 1.807) is 12.2 Å². The van der Waals surface area contributed by atoms with Gasteiger partial charge in [-0.05, 0) is 61.1 Å². The smallest absolute Gasteiger partial charge is 0.293 e. The Bertz CT molecular complexity index is 679. The zero-order valence-corrected chi connectivity index (χ0v) is 17.2. The highest BCUT2D eigenvalue weighted by Gasteiger charge is 2.08. The predicted molar refractivity (Wildman–Crippen MR) is 116 cm³/mol. The van der Waals surface area contributed by atoms with Crippen LogP contribution in [0.4, 0.5) is 0 Å². The zero-order valence-electron chi connectivity index (χ0n) is 16.4. The molecule has 0 aliphatic rings. The van der Waals surface area contributed by atoms with Crippen LogP contribution in [0.2, 0.25) is 0 Å². The van der Waals surface area contributed by atoms with Crippen LogP contribution in [-0.4, -0.2) is 0 Å². The molecule has 0 aliphatic carbocycles. The van der Waals surface area contributed by atoms with Gasteiger partial charge < -0.3 is 8.37 Å². The Balaban J connectivity index is 2.79. The van der Waals surface area contributed by atoms with E-state index in [9.17, 15) is 0 Å². The van der Waals surface area contributed by atoms with Crippen LogP contribution in [0.3, 0.4) is 0 Å². The first-order valence-corrected chi connectivity index (χ1v) is 9.74. The molecular formula is C23H30O2S. The summed E-state index contributed by atoms with van der Waals surface area (Å²) in [5, 5.41) is 0. The lowest BCUT2D eigenvalue weighted by molar-refractivity contribution is 0.460. The van der Waals surface area contributed by atoms with E-state index in [0.29, 0.717) is 5.76 Å². The van der Waals surface area contributed by atoms with Crippen molar-refractivity contribution in [3.05, 3.63) is 84.2 Å². The van der Waals surface area contributed by atoms with Crippen molar-refractivity contribution in [3.63, 3.8) is 0 Å². The van der Waals surface area contributed by atoms with E-state index in [-0.39, 0.29) is 0 Å². The number of hydrogen-bond acceptors (Lipinski definition) is 3. The van der Waals surface area contributed by atoms with Gasteiger partial charge in [0.05, 0.1) is 0 Å². The van der Waals surface area contributed by atoms with E-state index < -0.39 is 0 Å². The third-order valence-electron chi connectivity index (χ3n) is 3.91. The molecule has 1 aromatic carbocycles. The standard InChI is InChI=1S/C23H30O2S/c1-7-12-18(6)20-14-16-21(17-15-20)24-26-25-23(11-5)22(10-4)19(9-3)13-8-2/h10-17H,4-5,7-9H2,1-3,6H3/b18-12+,19-13+,23-22+. The molecule has 3 heteroatoms. The molecule has 0 spiro atoms. The van der Waals surface area contributed by atoms with Gasteiger partial charge in [0.1, 0.15) is 11.5 Å². The first kappa shape index (κ1) is 21.9. The van der Waals surface area contributed by atoms with E-state index >= 15 is 0 Å². The van der Waals surface area contributed by atoms with Crippen molar-refractivity contribution in [1.29, 1.82) is 0 Å². The SMILES string of the molecule is C=C/C(OSOc1ccc(/C(C)=C/CC)cc1)=C(C=C)\C(=C\CC)CC. The molecule has 0 saturated carbocycles. The van der Waals surface area contributed by atoms with E-state index in [2.05, 4.69) is 65.1 Å². The second-order valence-electron chi connectivity index (χ2n) is 5.73. The fourth-order valence-corrected chi connectivity index (χ4v) is 3.02. The first-order chi connectivity index (χ1) is 12.6. The second kappa shape index (κ2) is 12.3. The summed E-state index contributed by atoms with van der Waals surface area (Å²) in [6.07, 6.45) is 10.8. The molecule has 0 heterocycles. The predicted octanol–water partition coefficient (Wildman–Crippen LogP) is 7.83. The molecule has 0 aliphatic heterocycles. The van der Waals surface area contributed by atoms with Gasteiger partial charge in [-0.3, -0.25) is 0 Å². The summed E-state index contributed by atoms with van der Waals surface area (Å²) in [6, 6.07) is 7.99. The molecule has 0 amide bonds. The Morgan fingerprint density at radius 2 is 1.65 bits per heavy atom. The largest absolute Gasteiger partial charge is 0.391 e. The second-order valence-corrected chi connectivity index (χ2v) is 6.20. The average Bonchev–Trinajstić information content (AvgIpc) is 2.67. The van der Waals surface area contributed by atoms with Crippen LogP contribution < -0.4 is 4.18 Å². The molecule has 0 unspecified atom stereocenters. The van der Waals surface area contributed by atoms with Crippen molar-refractivity contribution in [2.45, 2.75) is 47.0 Å². The minimum Gasteiger partial charge on any atom is -0.391 e. The molecule has 140 valence electrons. The Kier molecular flexibility index (Phi) is 10.3. The van der Waals surface area contributed by atoms with Crippen LogP contribution in [0.25, 0.3) is 5.57 Å². The molecule has 0 bridgehead atoms. The highest BCUT2D eigenvalue weighted by Crippen LogP contribution is 2.27.